The summed E-state index contributed by atoms with van der Waals surface area (Å²) in [5.41, 5.74) is 0. The van der Waals surface area contributed by atoms with E-state index in [0.717, 1.165) is 6.08 Å². The zero-order valence-electron chi connectivity index (χ0n) is 5.56. The molecule has 0 unspecified atom stereocenters. The first kappa shape index (κ1) is 11.2. The van der Waals surface area contributed by atoms with Gasteiger partial charge < -0.3 is 5.11 Å². The van der Waals surface area contributed by atoms with Crippen molar-refractivity contribution in [1.29, 1.82) is 0 Å². The van der Waals surface area contributed by atoms with Gasteiger partial charge in [-0.25, -0.2) is 0 Å². The van der Waals surface area contributed by atoms with Crippen LogP contribution in [0.5, 0.6) is 0 Å². The van der Waals surface area contributed by atoms with Gasteiger partial charge in [-0.1, -0.05) is 41.4 Å². The van der Waals surface area contributed by atoms with Crippen molar-refractivity contribution in [2.75, 3.05) is 0 Å². The van der Waals surface area contributed by atoms with Crippen molar-refractivity contribution in [3.63, 3.8) is 0 Å². The van der Waals surface area contributed by atoms with E-state index in [0.29, 0.717) is 0 Å². The van der Waals surface area contributed by atoms with Crippen LogP contribution in [0.4, 0.5) is 0 Å². The molecule has 0 aliphatic heterocycles. The Morgan fingerprint density at radius 1 is 1.64 bits per heavy atom. The van der Waals surface area contributed by atoms with Crippen LogP contribution in [-0.2, 0) is 4.79 Å². The Morgan fingerprint density at radius 3 is 2.36 bits per heavy atom. The van der Waals surface area contributed by atoms with Crippen LogP contribution in [0, 0.1) is 0 Å². The van der Waals surface area contributed by atoms with Crippen molar-refractivity contribution in [3.8, 4) is 0 Å². The number of rotatable bonds is 3. The summed E-state index contributed by atoms with van der Waals surface area (Å²) in [5, 5.41) is 9.02. The minimum Gasteiger partial charge on any atom is -0.388 e. The molecular weight excluding hydrogens is 210 g/mol. The minimum absolute atomic E-state index is 0.222. The van der Waals surface area contributed by atoms with E-state index in [-0.39, 0.29) is 12.2 Å². The van der Waals surface area contributed by atoms with Gasteiger partial charge in [0.05, 0.1) is 0 Å². The van der Waals surface area contributed by atoms with E-state index in [4.69, 9.17) is 39.9 Å². The minimum atomic E-state index is -1.81. The monoisotopic (exact) mass is 216 g/mol. The fourth-order valence-electron chi connectivity index (χ4n) is 0.390. The maximum absolute atomic E-state index is 10.6. The first-order valence-electron chi connectivity index (χ1n) is 2.78. The molecule has 0 aromatic rings. The van der Waals surface area contributed by atoms with Crippen molar-refractivity contribution < 1.29 is 9.90 Å². The summed E-state index contributed by atoms with van der Waals surface area (Å²) in [6.45, 7) is 3.21. The number of hydrogen-bond acceptors (Lipinski definition) is 2. The molecule has 11 heavy (non-hydrogen) atoms. The van der Waals surface area contributed by atoms with Gasteiger partial charge in [-0.2, -0.15) is 0 Å². The zero-order chi connectivity index (χ0) is 9.07. The second kappa shape index (κ2) is 4.31. The molecule has 1 atom stereocenters. The van der Waals surface area contributed by atoms with Crippen LogP contribution < -0.4 is 0 Å². The van der Waals surface area contributed by atoms with Crippen molar-refractivity contribution in [3.05, 3.63) is 12.7 Å². The van der Waals surface area contributed by atoms with Crippen LogP contribution in [0.2, 0.25) is 0 Å². The van der Waals surface area contributed by atoms with E-state index in [1.807, 2.05) is 0 Å². The number of alkyl halides is 3. The molecule has 0 aromatic heterocycles. The molecule has 0 heterocycles. The Hall–Kier alpha value is 0.240. The average molecular weight is 217 g/mol. The van der Waals surface area contributed by atoms with Gasteiger partial charge in [0, 0.05) is 6.42 Å². The van der Waals surface area contributed by atoms with Crippen molar-refractivity contribution in [2.45, 2.75) is 16.3 Å². The van der Waals surface area contributed by atoms with Crippen LogP contribution in [0.15, 0.2) is 12.7 Å². The van der Waals surface area contributed by atoms with Gasteiger partial charge in [-0.3, -0.25) is 4.79 Å². The third-order valence-corrected chi connectivity index (χ3v) is 1.76. The van der Waals surface area contributed by atoms with E-state index in [9.17, 15) is 4.79 Å². The standard InChI is InChI=1S/C6H7Cl3O2/c1-2-4(10)3-5(11)6(7,8)9/h2,5,11H,1,3H2/t5-/m1/s1. The highest BCUT2D eigenvalue weighted by Crippen LogP contribution is 2.31. The summed E-state index contributed by atoms with van der Waals surface area (Å²) in [6.07, 6.45) is -0.433. The molecule has 0 radical (unpaired) electrons. The highest BCUT2D eigenvalue weighted by atomic mass is 35.6. The van der Waals surface area contributed by atoms with E-state index < -0.39 is 9.90 Å². The first-order chi connectivity index (χ1) is 4.88. The molecule has 0 aliphatic rings. The average Bonchev–Trinajstić information content (AvgIpc) is 1.85. The largest absolute Gasteiger partial charge is 0.388 e. The molecule has 1 N–H and O–H groups in total. The van der Waals surface area contributed by atoms with E-state index in [2.05, 4.69) is 6.58 Å². The van der Waals surface area contributed by atoms with Gasteiger partial charge >= 0.3 is 0 Å². The highest BCUT2D eigenvalue weighted by Gasteiger charge is 2.31. The Balaban J connectivity index is 3.97. The molecule has 0 spiro atoms. The lowest BCUT2D eigenvalue weighted by atomic mass is 10.2. The third kappa shape index (κ3) is 4.64. The number of halogens is 3. The Bertz CT molecular complexity index is 162. The van der Waals surface area contributed by atoms with Gasteiger partial charge in [0.25, 0.3) is 0 Å². The molecule has 0 amide bonds. The summed E-state index contributed by atoms with van der Waals surface area (Å²) in [4.78, 5) is 10.6. The predicted molar refractivity (Wildman–Crippen MR) is 46.1 cm³/mol. The summed E-state index contributed by atoms with van der Waals surface area (Å²) in [5.74, 6) is -0.358. The van der Waals surface area contributed by atoms with Crippen LogP contribution in [0.3, 0.4) is 0 Å². The first-order valence-corrected chi connectivity index (χ1v) is 3.91. The van der Waals surface area contributed by atoms with E-state index in [1.165, 1.54) is 0 Å². The topological polar surface area (TPSA) is 37.3 Å². The van der Waals surface area contributed by atoms with Crippen LogP contribution in [0.25, 0.3) is 0 Å². The van der Waals surface area contributed by atoms with Crippen LogP contribution in [-0.4, -0.2) is 20.8 Å². The summed E-state index contributed by atoms with van der Waals surface area (Å²) in [7, 11) is 0. The van der Waals surface area contributed by atoms with Crippen LogP contribution >= 0.6 is 34.8 Å². The fraction of sp³-hybridized carbons (Fsp3) is 0.500. The molecule has 5 heteroatoms. The Kier molecular flexibility index (Phi) is 4.41. The number of allylic oxidation sites excluding steroid dienone is 1. The van der Waals surface area contributed by atoms with Gasteiger partial charge in [0.2, 0.25) is 3.79 Å². The van der Waals surface area contributed by atoms with Crippen molar-refractivity contribution in [1.82, 2.24) is 0 Å². The number of carbonyl (C=O) groups excluding carboxylic acids is 1. The maximum atomic E-state index is 10.6. The van der Waals surface area contributed by atoms with Gasteiger partial charge in [0.15, 0.2) is 5.78 Å². The molecule has 0 saturated heterocycles. The zero-order valence-corrected chi connectivity index (χ0v) is 7.83. The fourth-order valence-corrected chi connectivity index (χ4v) is 0.621. The molecule has 0 aliphatic carbocycles. The molecule has 0 saturated carbocycles. The SMILES string of the molecule is C=CC(=O)C[C@@H](O)C(Cl)(Cl)Cl. The number of carbonyl (C=O) groups is 1. The second-order valence-corrected chi connectivity index (χ2v) is 4.30. The highest BCUT2D eigenvalue weighted by molar-refractivity contribution is 6.68. The molecule has 0 aromatic carbocycles. The lowest BCUT2D eigenvalue weighted by molar-refractivity contribution is -0.116. The predicted octanol–water partition coefficient (Wildman–Crippen LogP) is 1.86. The van der Waals surface area contributed by atoms with E-state index in [1.54, 1.807) is 0 Å². The smallest absolute Gasteiger partial charge is 0.216 e. The molecule has 0 fully saturated rings. The molecular formula is C6H7Cl3O2. The van der Waals surface area contributed by atoms with Gasteiger partial charge in [0.1, 0.15) is 6.10 Å². The maximum Gasteiger partial charge on any atom is 0.216 e. The molecule has 2 nitrogen and oxygen atoms in total. The van der Waals surface area contributed by atoms with Crippen LogP contribution in [0.1, 0.15) is 6.42 Å². The number of ketones is 1. The van der Waals surface area contributed by atoms with Gasteiger partial charge in [-0.05, 0) is 6.08 Å². The second-order valence-electron chi connectivity index (χ2n) is 1.93. The van der Waals surface area contributed by atoms with Crippen molar-refractivity contribution >= 4 is 40.6 Å². The molecule has 0 rings (SSSR count). The lowest BCUT2D eigenvalue weighted by Gasteiger charge is -2.16. The van der Waals surface area contributed by atoms with E-state index >= 15 is 0 Å². The number of aliphatic hydroxyl groups is 1. The molecule has 64 valence electrons. The van der Waals surface area contributed by atoms with Gasteiger partial charge in [-0.15, -0.1) is 0 Å². The quantitative estimate of drug-likeness (QED) is 0.579. The lowest BCUT2D eigenvalue weighted by Crippen LogP contribution is -2.27. The number of aliphatic hydroxyl groups excluding tert-OH is 1. The number of hydrogen-bond donors (Lipinski definition) is 1. The summed E-state index contributed by atoms with van der Waals surface area (Å²) >= 11 is 15.8. The third-order valence-electron chi connectivity index (χ3n) is 1.00. The molecule has 0 bridgehead atoms. The van der Waals surface area contributed by atoms with Crippen molar-refractivity contribution in [2.24, 2.45) is 0 Å². The Morgan fingerprint density at radius 2 is 2.09 bits per heavy atom. The Labute approximate surface area is 79.7 Å². The summed E-state index contributed by atoms with van der Waals surface area (Å²) < 4.78 is -1.81. The normalized spacial score (nSPS) is 14.2. The summed E-state index contributed by atoms with van der Waals surface area (Å²) in [6, 6.07) is 0.